The second-order valence-electron chi connectivity index (χ2n) is 20.5. The molecule has 4 aliphatic rings. The minimum Gasteiger partial charge on any atom is -0.461 e. The predicted octanol–water partition coefficient (Wildman–Crippen LogP) is 5.87. The van der Waals surface area contributed by atoms with Gasteiger partial charge in [0.2, 0.25) is 6.10 Å². The summed E-state index contributed by atoms with van der Waals surface area (Å²) < 4.78 is 50.8. The van der Waals surface area contributed by atoms with Gasteiger partial charge in [-0.05, 0) is 76.8 Å². The van der Waals surface area contributed by atoms with Gasteiger partial charge in [-0.2, -0.15) is 0 Å². The fourth-order valence-electron chi connectivity index (χ4n) is 10.7. The first-order valence-corrected chi connectivity index (χ1v) is 23.8. The molecule has 2 aromatic rings. The van der Waals surface area contributed by atoms with Crippen molar-refractivity contribution in [1.29, 1.82) is 0 Å². The molecule has 4 N–H and O–H groups in total. The molecular weight excluding hydrogens is 1010 g/mol. The first kappa shape index (κ1) is 66.9. The molecule has 21 heteroatoms. The second-order valence-corrected chi connectivity index (χ2v) is 20.5. The zero-order valence-electron chi connectivity index (χ0n) is 42.5. The normalized spacial score (nSPS) is 27.8. The van der Waals surface area contributed by atoms with Crippen molar-refractivity contribution in [3.05, 3.63) is 82.9 Å². The smallest absolute Gasteiger partial charge is 0.408 e. The summed E-state index contributed by atoms with van der Waals surface area (Å²) in [6.07, 6.45) is -15.6. The number of aliphatic hydroxyl groups excluding tert-OH is 3. The molecule has 0 aromatic heterocycles. The van der Waals surface area contributed by atoms with Crippen LogP contribution in [0.2, 0.25) is 0 Å². The van der Waals surface area contributed by atoms with E-state index >= 15 is 9.59 Å². The van der Waals surface area contributed by atoms with Gasteiger partial charge < -0.3 is 63.3 Å². The zero-order valence-corrected chi connectivity index (χ0v) is 42.5. The number of aliphatic hydroxyl groups is 3. The first-order chi connectivity index (χ1) is 34.1. The number of hydrogen-bond donors (Lipinski definition) is 4. The summed E-state index contributed by atoms with van der Waals surface area (Å²) >= 11 is 0. The lowest BCUT2D eigenvalue weighted by Crippen LogP contribution is -2.79. The molecule has 3 fully saturated rings. The third kappa shape index (κ3) is 13.2. The Hall–Kier alpha value is -6.26. The average Bonchev–Trinajstić information content (AvgIpc) is 3.31. The molecule has 0 radical (unpaired) electrons. The Labute approximate surface area is 451 Å². The summed E-state index contributed by atoms with van der Waals surface area (Å²) in [5.41, 5.74) is -8.96. The lowest BCUT2D eigenvalue weighted by atomic mass is 9.45. The number of alkyl carbamates (subject to hydrolysis) is 1. The van der Waals surface area contributed by atoms with E-state index < -0.39 is 143 Å². The predicted molar refractivity (Wildman–Crippen MR) is 277 cm³/mol. The number of Topliss-reactive ketones (excluding diaryl/α,β-unsaturated/α-hetero) is 1. The van der Waals surface area contributed by atoms with Crippen molar-refractivity contribution in [3.8, 4) is 0 Å². The van der Waals surface area contributed by atoms with Crippen molar-refractivity contribution in [1.82, 2.24) is 5.32 Å². The quantitative estimate of drug-likeness (QED) is 0.0503. The highest BCUT2D eigenvalue weighted by Crippen LogP contribution is 2.64. The van der Waals surface area contributed by atoms with Crippen LogP contribution in [0.5, 0.6) is 0 Å². The van der Waals surface area contributed by atoms with E-state index in [1.165, 1.54) is 66.0 Å². The van der Waals surface area contributed by atoms with E-state index in [4.69, 9.17) is 42.6 Å². The molecule has 2 aromatic carbocycles. The van der Waals surface area contributed by atoms with Gasteiger partial charge in [0.25, 0.3) is 0 Å². The largest absolute Gasteiger partial charge is 0.461 e. The molecule has 1 saturated heterocycles. The number of esters is 6. The number of carbonyl (C=O) groups is 8. The number of ether oxygens (including phenoxy) is 9. The van der Waals surface area contributed by atoms with Crippen molar-refractivity contribution >= 4 is 47.7 Å². The molecule has 0 spiro atoms. The number of hydrogen-bond acceptors (Lipinski definition) is 20. The average molecular weight is 1090 g/mol. The maximum atomic E-state index is 15.2. The van der Waals surface area contributed by atoms with Crippen LogP contribution in [0.25, 0.3) is 0 Å². The Morgan fingerprint density at radius 2 is 1.42 bits per heavy atom. The van der Waals surface area contributed by atoms with E-state index in [0.717, 1.165) is 6.92 Å². The Balaban J connectivity index is 0.00000507. The Morgan fingerprint density at radius 3 is 1.96 bits per heavy atom. The summed E-state index contributed by atoms with van der Waals surface area (Å²) in [7, 11) is 1.38. The van der Waals surface area contributed by atoms with Gasteiger partial charge in [-0.1, -0.05) is 92.1 Å². The van der Waals surface area contributed by atoms with E-state index in [-0.39, 0.29) is 78.2 Å². The van der Waals surface area contributed by atoms with Crippen molar-refractivity contribution in [3.63, 3.8) is 0 Å². The summed E-state index contributed by atoms with van der Waals surface area (Å²) in [4.78, 5) is 111. The van der Waals surface area contributed by atoms with E-state index in [0.29, 0.717) is 0 Å². The highest BCUT2D eigenvalue weighted by atomic mass is 16.6. The molecule has 6 rings (SSSR count). The Kier molecular flexibility index (Phi) is 22.5. The second kappa shape index (κ2) is 25.9. The number of amides is 1. The van der Waals surface area contributed by atoms with Crippen LogP contribution in [0, 0.1) is 16.7 Å². The van der Waals surface area contributed by atoms with Gasteiger partial charge in [0.05, 0.1) is 30.3 Å². The molecule has 1 aliphatic heterocycles. The minimum absolute atomic E-state index is 0. The van der Waals surface area contributed by atoms with Crippen LogP contribution in [0.1, 0.15) is 133 Å². The van der Waals surface area contributed by atoms with E-state index in [1.807, 2.05) is 0 Å². The lowest BCUT2D eigenvalue weighted by molar-refractivity contribution is -0.330. The third-order valence-corrected chi connectivity index (χ3v) is 14.4. The van der Waals surface area contributed by atoms with Crippen LogP contribution < -0.4 is 5.32 Å². The first-order valence-electron chi connectivity index (χ1n) is 23.8. The van der Waals surface area contributed by atoms with Crippen molar-refractivity contribution in [2.45, 2.75) is 177 Å². The molecule has 430 valence electrons. The Bertz CT molecular complexity index is 2470. The van der Waals surface area contributed by atoms with Crippen LogP contribution in [0.4, 0.5) is 4.79 Å². The highest BCUT2D eigenvalue weighted by molar-refractivity contribution is 5.95. The minimum atomic E-state index is -2.36. The van der Waals surface area contributed by atoms with E-state index in [9.17, 15) is 44.1 Å². The van der Waals surface area contributed by atoms with Crippen LogP contribution in [-0.4, -0.2) is 149 Å². The zero-order chi connectivity index (χ0) is 54.0. The molecule has 21 nitrogen and oxygen atoms in total. The standard InChI is InChI=1S/C52H65NO20.4CH4/c1-27-37-39(58)42(59)50(9)32(51(71-29(3)54)26-67-34(51)23-33(50)55)25-52(49(37,7)8,72-45(62)31-19-15-12-16-20-31)43(60)40(27)70-46(63)41(38(30-17-13-11-14-18-30)53-47(64)73-48(4,5)6)69-36(57)24-35(56)68-28(2)44(61)66-22-21-65-10;;;;/h11-20,28,32-34,38-41,43,55,58,60H,21-26H2,1-10H3,(H,53,64);4*1H4. The number of nitrogens with one attached hydrogen (secondary N) is 1. The summed E-state index contributed by atoms with van der Waals surface area (Å²) in [6, 6.07) is 13.6. The van der Waals surface area contributed by atoms with Gasteiger partial charge >= 0.3 is 41.9 Å². The summed E-state index contributed by atoms with van der Waals surface area (Å²) in [5, 5.41) is 40.1. The SMILES string of the molecule is C.C.C.C.COCCOC(=O)C(C)OC(=O)CC(=O)OC(C(=O)OC1C(C)=C2C(O)C(=O)C3(C)C(O)CC4OCC4(OC(C)=O)C3CC(OC(=O)c3ccccc3)(C1O)C2(C)C)C(NC(=O)OC(C)(C)C)c1ccccc1. The molecule has 12 atom stereocenters. The van der Waals surface area contributed by atoms with Crippen molar-refractivity contribution in [2.75, 3.05) is 26.9 Å². The van der Waals surface area contributed by atoms with E-state index in [1.54, 1.807) is 57.2 Å². The van der Waals surface area contributed by atoms with Crippen LogP contribution in [-0.2, 0) is 71.4 Å². The van der Waals surface area contributed by atoms with Gasteiger partial charge in [-0.15, -0.1) is 0 Å². The van der Waals surface area contributed by atoms with Crippen LogP contribution in [0.15, 0.2) is 71.8 Å². The fraction of sp³-hybridized carbons (Fsp3) is 0.607. The number of benzene rings is 2. The molecule has 1 amide bonds. The summed E-state index contributed by atoms with van der Waals surface area (Å²) in [6.45, 7) is 12.5. The summed E-state index contributed by atoms with van der Waals surface area (Å²) in [5.74, 6) is -9.17. The lowest BCUT2D eigenvalue weighted by Gasteiger charge is -2.66. The number of methoxy groups -OCH3 is 1. The van der Waals surface area contributed by atoms with Gasteiger partial charge in [0.1, 0.15) is 43.0 Å². The molecule has 1 heterocycles. The van der Waals surface area contributed by atoms with Crippen molar-refractivity contribution < 1.29 is 96.3 Å². The maximum absolute atomic E-state index is 15.2. The van der Waals surface area contributed by atoms with Gasteiger partial charge in [-0.25, -0.2) is 19.2 Å². The van der Waals surface area contributed by atoms with E-state index in [2.05, 4.69) is 5.32 Å². The Morgan fingerprint density at radius 1 is 0.831 bits per heavy atom. The monoisotopic (exact) mass is 1090 g/mol. The van der Waals surface area contributed by atoms with Crippen LogP contribution >= 0.6 is 0 Å². The molecule has 77 heavy (non-hydrogen) atoms. The fourth-order valence-corrected chi connectivity index (χ4v) is 10.7. The molecule has 2 bridgehead atoms. The third-order valence-electron chi connectivity index (χ3n) is 14.4. The number of fused-ring (bicyclic) bond motifs is 5. The molecule has 12 unspecified atom stereocenters. The number of carbonyl (C=O) groups excluding carboxylic acids is 8. The molecule has 3 aliphatic carbocycles. The van der Waals surface area contributed by atoms with Gasteiger partial charge in [0, 0.05) is 31.8 Å². The van der Waals surface area contributed by atoms with Gasteiger partial charge in [-0.3, -0.25) is 19.2 Å². The topological polar surface area (TPSA) is 292 Å². The van der Waals surface area contributed by atoms with Crippen LogP contribution in [0.3, 0.4) is 0 Å². The van der Waals surface area contributed by atoms with Crippen molar-refractivity contribution in [2.24, 2.45) is 16.7 Å². The molecule has 2 saturated carbocycles. The highest BCUT2D eigenvalue weighted by Gasteiger charge is 2.76. The number of ketones is 1. The maximum Gasteiger partial charge on any atom is 0.408 e. The molecular formula is C56H81NO20. The number of rotatable bonds is 16. The van der Waals surface area contributed by atoms with Gasteiger partial charge in [0.15, 0.2) is 29.2 Å².